The quantitative estimate of drug-likeness (QED) is 0.0586. The molecule has 0 amide bonds. The van der Waals surface area contributed by atoms with E-state index in [-0.39, 0.29) is 78.6 Å². The smallest absolute Gasteiger partial charge is 0.726 e. The number of hydrogen-bond donors (Lipinski definition) is 8. The van der Waals surface area contributed by atoms with Gasteiger partial charge in [-0.1, -0.05) is 41.0 Å². The second-order valence-electron chi connectivity index (χ2n) is 17.3. The van der Waals surface area contributed by atoms with Crippen molar-refractivity contribution in [2.24, 2.45) is 46.3 Å². The van der Waals surface area contributed by atoms with Crippen molar-refractivity contribution in [3.8, 4) is 0 Å². The third-order valence-corrected chi connectivity index (χ3v) is 14.8. The van der Waals surface area contributed by atoms with E-state index in [4.69, 9.17) is 9.47 Å². The molecule has 0 radical (unpaired) electrons. The van der Waals surface area contributed by atoms with Crippen LogP contribution in [0.25, 0.3) is 0 Å². The molecule has 1 heterocycles. The maximum Gasteiger partial charge on any atom is 1.00 e. The number of rotatable bonds is 12. The Labute approximate surface area is 324 Å². The largest absolute Gasteiger partial charge is 1.00 e. The van der Waals surface area contributed by atoms with Crippen molar-refractivity contribution >= 4 is 10.4 Å². The van der Waals surface area contributed by atoms with Gasteiger partial charge in [0.05, 0.1) is 42.7 Å². The Hall–Kier alpha value is 0.470. The molecule has 4 aliphatic carbocycles. The zero-order valence-corrected chi connectivity index (χ0v) is 33.8. The minimum absolute atomic E-state index is 0. The van der Waals surface area contributed by atoms with E-state index in [1.165, 1.54) is 0 Å². The summed E-state index contributed by atoms with van der Waals surface area (Å²) in [4.78, 5) is 0. The summed E-state index contributed by atoms with van der Waals surface area (Å²) in [7, 11) is -5.27. The van der Waals surface area contributed by atoms with Crippen LogP contribution in [0, 0.1) is 46.3 Å². The van der Waals surface area contributed by atoms with Gasteiger partial charge in [-0.15, -0.1) is 0 Å². The molecule has 14 nitrogen and oxygen atoms in total. The van der Waals surface area contributed by atoms with Crippen molar-refractivity contribution in [2.75, 3.05) is 13.2 Å². The summed E-state index contributed by atoms with van der Waals surface area (Å²) in [5, 5.41) is 87.9. The average molecular weight is 761 g/mol. The molecule has 292 valence electrons. The van der Waals surface area contributed by atoms with Crippen LogP contribution in [0.5, 0.6) is 0 Å². The molecule has 0 bridgehead atoms. The second kappa shape index (κ2) is 16.1. The predicted octanol–water partition coefficient (Wildman–Crippen LogP) is -2.44. The van der Waals surface area contributed by atoms with Gasteiger partial charge in [0.1, 0.15) is 18.3 Å². The summed E-state index contributed by atoms with van der Waals surface area (Å²) < 4.78 is 49.6. The first-order valence-corrected chi connectivity index (χ1v) is 19.8. The fraction of sp³-hybridized carbons (Fsp3) is 1.00. The zero-order valence-electron chi connectivity index (χ0n) is 31.0. The third kappa shape index (κ3) is 8.04. The van der Waals surface area contributed by atoms with Crippen molar-refractivity contribution < 1.29 is 97.0 Å². The van der Waals surface area contributed by atoms with E-state index in [0.717, 1.165) is 19.3 Å². The standard InChI is InChI=1S/C35H62O14S.Na/c1-18(2)20(10-13-47-31-29(49-50(44,45)46)28(41)27(40)24(17-36)48-31)7-6-19(3)22-14-23(38)30-32(22,4)11-9-25-33(5)12-8-21(37)15-35(33,43)26(39)16-34(25,30)42;/h18-31,36-43H,6-17H2,1-5H3,(H,44,45,46);/q;+1/p-1/t19-,20-,21+,22-,23+,24?,25?,26-,27?,28?,29?,30?,31?,32-,33-,34+,35+;/m1./s1. The van der Waals surface area contributed by atoms with E-state index in [1.54, 1.807) is 0 Å². The predicted molar refractivity (Wildman–Crippen MR) is 177 cm³/mol. The molecule has 0 aromatic rings. The van der Waals surface area contributed by atoms with E-state index in [9.17, 15) is 53.8 Å². The molecule has 4 saturated carbocycles. The molecular formula is C35H61NaO14S. The molecule has 17 atom stereocenters. The molecule has 5 fully saturated rings. The van der Waals surface area contributed by atoms with Crippen molar-refractivity contribution in [3.05, 3.63) is 0 Å². The number of fused-ring (bicyclic) bond motifs is 5. The van der Waals surface area contributed by atoms with E-state index < -0.39 is 94.0 Å². The van der Waals surface area contributed by atoms with Gasteiger partial charge in [-0.3, -0.25) is 4.18 Å². The Morgan fingerprint density at radius 2 is 1.61 bits per heavy atom. The molecular weight excluding hydrogens is 699 g/mol. The van der Waals surface area contributed by atoms with Gasteiger partial charge in [-0.05, 0) is 80.0 Å². The van der Waals surface area contributed by atoms with E-state index in [0.29, 0.717) is 32.1 Å². The monoisotopic (exact) mass is 760 g/mol. The zero-order chi connectivity index (χ0) is 37.2. The van der Waals surface area contributed by atoms with E-state index in [2.05, 4.69) is 31.9 Å². The molecule has 5 rings (SSSR count). The molecule has 7 unspecified atom stereocenters. The molecule has 0 spiro atoms. The number of hydrogen-bond acceptors (Lipinski definition) is 14. The summed E-state index contributed by atoms with van der Waals surface area (Å²) in [5.41, 5.74) is -4.07. The van der Waals surface area contributed by atoms with Crippen LogP contribution in [0.15, 0.2) is 0 Å². The maximum atomic E-state index is 12.6. The number of ether oxygens (including phenoxy) is 2. The molecule has 5 aliphatic rings. The van der Waals surface area contributed by atoms with Gasteiger partial charge in [0.15, 0.2) is 12.4 Å². The van der Waals surface area contributed by atoms with Crippen LogP contribution in [0.2, 0.25) is 0 Å². The molecule has 1 saturated heterocycles. The molecule has 1 aliphatic heterocycles. The van der Waals surface area contributed by atoms with Crippen molar-refractivity contribution in [1.82, 2.24) is 0 Å². The van der Waals surface area contributed by atoms with Crippen LogP contribution >= 0.6 is 0 Å². The average Bonchev–Trinajstić information content (AvgIpc) is 3.29. The van der Waals surface area contributed by atoms with Gasteiger partial charge in [0, 0.05) is 24.2 Å². The minimum atomic E-state index is -5.27. The van der Waals surface area contributed by atoms with E-state index >= 15 is 0 Å². The SMILES string of the molecule is CC(C)[C@@H](CCOC1OC(CO)C(O)C(O)C1OS(=O)(=O)[O-])CC[C@@H](C)[C@H]1C[C@H](O)C2[C@]3(O)C[C@@H](O)[C@@]4(O)C[C@@H](O)CC[C@]4(C)C3CC[C@@]21C.[Na+]. The molecule has 8 N–H and O–H groups in total. The second-order valence-corrected chi connectivity index (χ2v) is 18.3. The Bertz CT molecular complexity index is 1290. The van der Waals surface area contributed by atoms with Crippen LogP contribution in [0.4, 0.5) is 0 Å². The first kappa shape index (κ1) is 44.2. The fourth-order valence-electron chi connectivity index (χ4n) is 11.6. The summed E-state index contributed by atoms with van der Waals surface area (Å²) in [6.07, 6.45) is -5.78. The van der Waals surface area contributed by atoms with Crippen LogP contribution in [0.1, 0.15) is 98.8 Å². The summed E-state index contributed by atoms with van der Waals surface area (Å²) in [6.45, 7) is 9.82. The third-order valence-electron chi connectivity index (χ3n) is 14.4. The van der Waals surface area contributed by atoms with Gasteiger partial charge >= 0.3 is 29.6 Å². The molecule has 0 aromatic heterocycles. The number of aliphatic hydroxyl groups excluding tert-OH is 6. The Morgan fingerprint density at radius 3 is 2.22 bits per heavy atom. The van der Waals surface area contributed by atoms with Crippen molar-refractivity contribution in [1.29, 1.82) is 0 Å². The van der Waals surface area contributed by atoms with Gasteiger partial charge < -0.3 is 54.9 Å². The van der Waals surface area contributed by atoms with Crippen LogP contribution < -0.4 is 29.6 Å². The fourth-order valence-corrected chi connectivity index (χ4v) is 12.1. The summed E-state index contributed by atoms with van der Waals surface area (Å²) in [5.74, 6) is -0.144. The summed E-state index contributed by atoms with van der Waals surface area (Å²) in [6, 6.07) is 0. The number of aliphatic hydroxyl groups is 8. The maximum absolute atomic E-state index is 12.6. The first-order valence-electron chi connectivity index (χ1n) is 18.5. The van der Waals surface area contributed by atoms with Crippen LogP contribution in [-0.2, 0) is 24.1 Å². The Kier molecular flexibility index (Phi) is 14.0. The van der Waals surface area contributed by atoms with Crippen molar-refractivity contribution in [3.63, 3.8) is 0 Å². The topological polar surface area (TPSA) is 247 Å². The Morgan fingerprint density at radius 1 is 0.941 bits per heavy atom. The van der Waals surface area contributed by atoms with E-state index in [1.807, 2.05) is 6.92 Å². The van der Waals surface area contributed by atoms with Crippen LogP contribution in [-0.4, -0.2) is 127 Å². The van der Waals surface area contributed by atoms with Gasteiger partial charge in [0.2, 0.25) is 10.4 Å². The molecule has 0 aromatic carbocycles. The van der Waals surface area contributed by atoms with Crippen molar-refractivity contribution in [2.45, 2.75) is 159 Å². The first-order chi connectivity index (χ1) is 23.1. The van der Waals surface area contributed by atoms with Gasteiger partial charge in [-0.25, -0.2) is 8.42 Å². The van der Waals surface area contributed by atoms with Crippen LogP contribution in [0.3, 0.4) is 0 Å². The molecule has 51 heavy (non-hydrogen) atoms. The van der Waals surface area contributed by atoms with Gasteiger partial charge in [0.25, 0.3) is 0 Å². The normalized spacial score (nSPS) is 48.3. The minimum Gasteiger partial charge on any atom is -0.726 e. The van der Waals surface area contributed by atoms with Gasteiger partial charge in [-0.2, -0.15) is 0 Å². The Balaban J connectivity index is 0.00000583. The summed E-state index contributed by atoms with van der Waals surface area (Å²) >= 11 is 0. The molecule has 16 heteroatoms.